The lowest BCUT2D eigenvalue weighted by Gasteiger charge is -2.61. The van der Waals surface area contributed by atoms with Crippen LogP contribution in [0.1, 0.15) is 64.7 Å². The second-order valence-electron chi connectivity index (χ2n) is 9.97. The fourth-order valence-corrected chi connectivity index (χ4v) is 9.29. The molecule has 3 heteroatoms. The second kappa shape index (κ2) is 4.16. The van der Waals surface area contributed by atoms with Crippen LogP contribution in [0.3, 0.4) is 0 Å². The molecule has 2 N–H and O–H groups in total. The molecular formula is C20H31NO2. The van der Waals surface area contributed by atoms with Gasteiger partial charge in [0.05, 0.1) is 17.2 Å². The first-order chi connectivity index (χ1) is 11.1. The van der Waals surface area contributed by atoms with Crippen molar-refractivity contribution < 1.29 is 10.2 Å². The predicted molar refractivity (Wildman–Crippen MR) is 87.8 cm³/mol. The van der Waals surface area contributed by atoms with Crippen molar-refractivity contribution >= 4 is 0 Å². The van der Waals surface area contributed by atoms with Crippen LogP contribution in [0.2, 0.25) is 0 Å². The molecule has 0 aromatic rings. The van der Waals surface area contributed by atoms with E-state index in [0.717, 1.165) is 18.8 Å². The van der Waals surface area contributed by atoms with Gasteiger partial charge in [0.15, 0.2) is 0 Å². The summed E-state index contributed by atoms with van der Waals surface area (Å²) in [6.07, 6.45) is 10.7. The average Bonchev–Trinajstić information content (AvgIpc) is 2.75. The summed E-state index contributed by atoms with van der Waals surface area (Å²) in [5, 5.41) is 23.0. The lowest BCUT2D eigenvalue weighted by atomic mass is 9.54. The highest BCUT2D eigenvalue weighted by Crippen LogP contribution is 2.75. The average molecular weight is 317 g/mol. The molecular weight excluding hydrogens is 286 g/mol. The van der Waals surface area contributed by atoms with Crippen LogP contribution in [0.25, 0.3) is 0 Å². The van der Waals surface area contributed by atoms with Crippen LogP contribution < -0.4 is 0 Å². The molecule has 7 fully saturated rings. The third-order valence-electron chi connectivity index (χ3n) is 9.54. The summed E-state index contributed by atoms with van der Waals surface area (Å²) < 4.78 is 0. The van der Waals surface area contributed by atoms with E-state index in [-0.39, 0.29) is 11.6 Å². The molecule has 7 aliphatic rings. The molecule has 3 aliphatic heterocycles. The first-order valence-corrected chi connectivity index (χ1v) is 10.3. The Bertz CT molecular complexity index is 552. The minimum atomic E-state index is -0.487. The van der Waals surface area contributed by atoms with Crippen LogP contribution in [0, 0.1) is 29.6 Å². The summed E-state index contributed by atoms with van der Waals surface area (Å²) in [6, 6.07) is 1.21. The molecule has 1 spiro atoms. The van der Waals surface area contributed by atoms with Gasteiger partial charge in [-0.15, -0.1) is 0 Å². The molecule has 7 rings (SSSR count). The molecule has 3 saturated heterocycles. The summed E-state index contributed by atoms with van der Waals surface area (Å²) in [4.78, 5) is 2.78. The third-order valence-corrected chi connectivity index (χ3v) is 9.54. The van der Waals surface area contributed by atoms with E-state index >= 15 is 0 Å². The van der Waals surface area contributed by atoms with E-state index in [4.69, 9.17) is 0 Å². The monoisotopic (exact) mass is 317 g/mol. The molecule has 0 aromatic carbocycles. The Morgan fingerprint density at radius 1 is 1.00 bits per heavy atom. The number of aliphatic hydroxyl groups excluding tert-OH is 1. The normalized spacial score (nSPS) is 68.7. The molecule has 4 aliphatic carbocycles. The number of nitrogens with zero attached hydrogens (tertiary/aromatic N) is 1. The summed E-state index contributed by atoms with van der Waals surface area (Å²) in [7, 11) is 0. The number of aliphatic hydroxyl groups is 2. The Morgan fingerprint density at radius 3 is 2.61 bits per heavy atom. The SMILES string of the molecule is CC1CCC2[C@H]3C[C@@H]4C[C@]2(O)C2(CC(O)C5CCCCC5[C@H]42)N13. The number of rotatable bonds is 0. The zero-order valence-corrected chi connectivity index (χ0v) is 14.3. The fourth-order valence-electron chi connectivity index (χ4n) is 9.29. The van der Waals surface area contributed by atoms with Crippen molar-refractivity contribution in [3.05, 3.63) is 0 Å². The van der Waals surface area contributed by atoms with Gasteiger partial charge in [-0.05, 0) is 75.5 Å². The second-order valence-corrected chi connectivity index (χ2v) is 9.97. The first kappa shape index (κ1) is 14.1. The summed E-state index contributed by atoms with van der Waals surface area (Å²) in [5.41, 5.74) is -0.557. The van der Waals surface area contributed by atoms with Crippen LogP contribution >= 0.6 is 0 Å². The highest BCUT2D eigenvalue weighted by Gasteiger charge is 2.82. The molecule has 11 atom stereocenters. The van der Waals surface area contributed by atoms with Crippen LogP contribution in [-0.4, -0.2) is 44.4 Å². The Kier molecular flexibility index (Phi) is 2.55. The van der Waals surface area contributed by atoms with Crippen molar-refractivity contribution in [2.75, 3.05) is 0 Å². The number of piperidine rings is 2. The van der Waals surface area contributed by atoms with Crippen LogP contribution in [-0.2, 0) is 0 Å². The van der Waals surface area contributed by atoms with Gasteiger partial charge in [-0.25, -0.2) is 0 Å². The van der Waals surface area contributed by atoms with Gasteiger partial charge < -0.3 is 10.2 Å². The standard InChI is InChI=1S/C20H31NO2/c1-11-6-7-15-16-8-12-9-20(15,23)19(21(11)16)10-17(22)13-4-2-3-5-14(13)18(12)19/h11-18,22-23H,2-10H2,1H3/t11?,12-,13?,14?,15?,16-,17?,18+,19?,20-/m1/s1. The topological polar surface area (TPSA) is 43.7 Å². The Labute approximate surface area is 139 Å². The molecule has 0 amide bonds. The van der Waals surface area contributed by atoms with Gasteiger partial charge >= 0.3 is 0 Å². The van der Waals surface area contributed by atoms with Gasteiger partial charge in [0.1, 0.15) is 0 Å². The molecule has 3 heterocycles. The molecule has 23 heavy (non-hydrogen) atoms. The van der Waals surface area contributed by atoms with Gasteiger partial charge in [0.2, 0.25) is 0 Å². The molecule has 6 bridgehead atoms. The lowest BCUT2D eigenvalue weighted by molar-refractivity contribution is -0.171. The van der Waals surface area contributed by atoms with E-state index in [9.17, 15) is 10.2 Å². The smallest absolute Gasteiger partial charge is 0.0880 e. The first-order valence-electron chi connectivity index (χ1n) is 10.3. The molecule has 0 aromatic heterocycles. The van der Waals surface area contributed by atoms with Crippen molar-refractivity contribution in [3.63, 3.8) is 0 Å². The van der Waals surface area contributed by atoms with E-state index in [2.05, 4.69) is 11.8 Å². The van der Waals surface area contributed by atoms with Crippen molar-refractivity contribution in [3.8, 4) is 0 Å². The Hall–Kier alpha value is -0.120. The fraction of sp³-hybridized carbons (Fsp3) is 1.00. The van der Waals surface area contributed by atoms with E-state index in [1.807, 2.05) is 0 Å². The summed E-state index contributed by atoms with van der Waals surface area (Å²) in [5.74, 6) is 3.10. The largest absolute Gasteiger partial charge is 0.393 e. The van der Waals surface area contributed by atoms with E-state index < -0.39 is 5.60 Å². The maximum Gasteiger partial charge on any atom is 0.0880 e. The predicted octanol–water partition coefficient (Wildman–Crippen LogP) is 2.55. The van der Waals surface area contributed by atoms with E-state index in [0.29, 0.717) is 35.8 Å². The minimum absolute atomic E-state index is 0.0703. The third kappa shape index (κ3) is 1.32. The van der Waals surface area contributed by atoms with Gasteiger partial charge in [0.25, 0.3) is 0 Å². The molecule has 3 nitrogen and oxygen atoms in total. The number of hydrogen-bond acceptors (Lipinski definition) is 3. The van der Waals surface area contributed by atoms with E-state index in [1.54, 1.807) is 0 Å². The number of fused-ring (bicyclic) bond motifs is 1. The van der Waals surface area contributed by atoms with Crippen LogP contribution in [0.4, 0.5) is 0 Å². The highest BCUT2D eigenvalue weighted by atomic mass is 16.3. The molecule has 4 saturated carbocycles. The highest BCUT2D eigenvalue weighted by molar-refractivity contribution is 5.34. The van der Waals surface area contributed by atoms with Gasteiger partial charge in [-0.3, -0.25) is 4.90 Å². The molecule has 7 unspecified atom stereocenters. The van der Waals surface area contributed by atoms with Crippen molar-refractivity contribution in [2.24, 2.45) is 29.6 Å². The molecule has 128 valence electrons. The zero-order chi connectivity index (χ0) is 15.6. The maximum absolute atomic E-state index is 12.0. The Balaban J connectivity index is 1.54. The van der Waals surface area contributed by atoms with Crippen molar-refractivity contribution in [1.29, 1.82) is 0 Å². The van der Waals surface area contributed by atoms with Gasteiger partial charge in [-0.1, -0.05) is 12.8 Å². The molecule has 0 radical (unpaired) electrons. The summed E-state index contributed by atoms with van der Waals surface area (Å²) >= 11 is 0. The Morgan fingerprint density at radius 2 is 1.78 bits per heavy atom. The maximum atomic E-state index is 12.0. The zero-order valence-electron chi connectivity index (χ0n) is 14.3. The van der Waals surface area contributed by atoms with Crippen molar-refractivity contribution in [2.45, 2.75) is 94.0 Å². The van der Waals surface area contributed by atoms with E-state index in [1.165, 1.54) is 44.9 Å². The van der Waals surface area contributed by atoms with Crippen LogP contribution in [0.15, 0.2) is 0 Å². The van der Waals surface area contributed by atoms with Gasteiger partial charge in [0, 0.05) is 18.0 Å². The minimum Gasteiger partial charge on any atom is -0.393 e. The quantitative estimate of drug-likeness (QED) is 0.722. The van der Waals surface area contributed by atoms with Gasteiger partial charge in [-0.2, -0.15) is 0 Å². The van der Waals surface area contributed by atoms with Crippen LogP contribution in [0.5, 0.6) is 0 Å². The summed E-state index contributed by atoms with van der Waals surface area (Å²) in [6.45, 7) is 2.39. The van der Waals surface area contributed by atoms with Crippen molar-refractivity contribution in [1.82, 2.24) is 4.90 Å². The lowest BCUT2D eigenvalue weighted by Crippen LogP contribution is -2.69. The number of hydrogen-bond donors (Lipinski definition) is 2.